The van der Waals surface area contributed by atoms with Gasteiger partial charge in [-0.3, -0.25) is 0 Å². The molecule has 0 aliphatic carbocycles. The summed E-state index contributed by atoms with van der Waals surface area (Å²) in [6.45, 7) is 0.0210. The Hall–Kier alpha value is -1.93. The van der Waals surface area contributed by atoms with Crippen molar-refractivity contribution in [2.45, 2.75) is 17.7 Å². The fourth-order valence-corrected chi connectivity index (χ4v) is 3.73. The predicted octanol–water partition coefficient (Wildman–Crippen LogP) is 3.20. The Labute approximate surface area is 147 Å². The summed E-state index contributed by atoms with van der Waals surface area (Å²) in [5.41, 5.74) is -0.203. The number of allylic oxidation sites excluding steroid dienone is 2. The number of benzene rings is 1. The van der Waals surface area contributed by atoms with Gasteiger partial charge in [-0.1, -0.05) is 12.1 Å². The van der Waals surface area contributed by atoms with E-state index in [-0.39, 0.29) is 30.0 Å². The topological polar surface area (TPSA) is 60.8 Å². The molecule has 1 aliphatic heterocycles. The Morgan fingerprint density at radius 1 is 1.28 bits per heavy atom. The van der Waals surface area contributed by atoms with Crippen molar-refractivity contribution < 1.29 is 28.2 Å². The summed E-state index contributed by atoms with van der Waals surface area (Å²) in [6, 6.07) is 4.06. The van der Waals surface area contributed by atoms with E-state index in [1.165, 1.54) is 6.08 Å². The molecule has 136 valence electrons. The van der Waals surface area contributed by atoms with Crippen LogP contribution < -0.4 is 0 Å². The van der Waals surface area contributed by atoms with Crippen molar-refractivity contribution in [1.82, 2.24) is 4.90 Å². The summed E-state index contributed by atoms with van der Waals surface area (Å²) in [6.07, 6.45) is 4.08. The number of carbonyl (C=O) groups is 1. The minimum Gasteiger partial charge on any atom is -0.478 e. The number of aliphatic hydroxyl groups excluding tert-OH is 1. The van der Waals surface area contributed by atoms with Crippen LogP contribution in [0.3, 0.4) is 0 Å². The molecule has 1 aromatic carbocycles. The fraction of sp³-hybridized carbons (Fsp3) is 0.353. The number of halogens is 3. The molecular weight excluding hydrogens is 355 g/mol. The molecule has 1 aromatic rings. The van der Waals surface area contributed by atoms with Crippen molar-refractivity contribution in [3.8, 4) is 0 Å². The number of hydrogen-bond donors (Lipinski definition) is 2. The van der Waals surface area contributed by atoms with Crippen LogP contribution in [-0.2, 0) is 10.7 Å². The van der Waals surface area contributed by atoms with Crippen LogP contribution in [0.25, 0.3) is 0 Å². The van der Waals surface area contributed by atoms with E-state index in [1.807, 2.05) is 0 Å². The molecule has 0 saturated carbocycles. The summed E-state index contributed by atoms with van der Waals surface area (Å²) in [4.78, 5) is 12.9. The zero-order valence-electron chi connectivity index (χ0n) is 13.2. The summed E-state index contributed by atoms with van der Waals surface area (Å²) >= 11 is 1.07. The van der Waals surface area contributed by atoms with Crippen LogP contribution in [0.5, 0.6) is 0 Å². The molecule has 25 heavy (non-hydrogen) atoms. The molecule has 0 fully saturated rings. The van der Waals surface area contributed by atoms with Crippen molar-refractivity contribution in [3.05, 3.63) is 59.6 Å². The van der Waals surface area contributed by atoms with Crippen molar-refractivity contribution in [2.24, 2.45) is 0 Å². The molecule has 0 amide bonds. The van der Waals surface area contributed by atoms with E-state index in [2.05, 4.69) is 0 Å². The van der Waals surface area contributed by atoms with Crippen molar-refractivity contribution in [2.75, 3.05) is 18.9 Å². The van der Waals surface area contributed by atoms with Gasteiger partial charge in [0.1, 0.15) is 11.2 Å². The second-order valence-corrected chi connectivity index (χ2v) is 6.60. The number of carboxylic acids is 1. The predicted molar refractivity (Wildman–Crippen MR) is 89.8 cm³/mol. The molecule has 2 N–H and O–H groups in total. The highest BCUT2D eigenvalue weighted by atomic mass is 32.2. The lowest BCUT2D eigenvalue weighted by Crippen LogP contribution is -2.36. The van der Waals surface area contributed by atoms with Crippen molar-refractivity contribution in [1.29, 1.82) is 0 Å². The van der Waals surface area contributed by atoms with E-state index in [0.717, 1.165) is 36.0 Å². The average Bonchev–Trinajstić information content (AvgIpc) is 2.56. The largest absolute Gasteiger partial charge is 0.478 e. The van der Waals surface area contributed by atoms with Crippen LogP contribution in [0.4, 0.5) is 13.2 Å². The van der Waals surface area contributed by atoms with E-state index < -0.39 is 29.5 Å². The van der Waals surface area contributed by atoms with E-state index in [0.29, 0.717) is 0 Å². The number of aliphatic hydroxyl groups is 1. The first-order valence-electron chi connectivity index (χ1n) is 7.59. The smallest absolute Gasteiger partial charge is 0.334 e. The molecule has 0 aromatic heterocycles. The van der Waals surface area contributed by atoms with Gasteiger partial charge >= 0.3 is 5.97 Å². The molecule has 0 saturated heterocycles. The highest BCUT2D eigenvalue weighted by molar-refractivity contribution is 8.00. The molecule has 1 heterocycles. The number of aliphatic carboxylic acids is 1. The number of hydrogen-bond acceptors (Lipinski definition) is 4. The molecular formula is C17H18F3NO3S. The lowest BCUT2D eigenvalue weighted by Gasteiger charge is -2.32. The molecule has 1 aliphatic rings. The molecule has 1 atom stereocenters. The van der Waals surface area contributed by atoms with Gasteiger partial charge in [-0.05, 0) is 24.3 Å². The summed E-state index contributed by atoms with van der Waals surface area (Å²) < 4.78 is 41.3. The SMILES string of the molecule is O=C(O)C1=CC=CN(CCO)C1SCCC(F)(F)c1ccc(F)cc1. The van der Waals surface area contributed by atoms with Gasteiger partial charge in [0.05, 0.1) is 12.2 Å². The summed E-state index contributed by atoms with van der Waals surface area (Å²) in [7, 11) is 0. The second-order valence-electron chi connectivity index (χ2n) is 5.41. The zero-order valence-corrected chi connectivity index (χ0v) is 14.1. The minimum absolute atomic E-state index is 0.00453. The number of nitrogens with zero attached hydrogens (tertiary/aromatic N) is 1. The lowest BCUT2D eigenvalue weighted by atomic mass is 10.1. The zero-order chi connectivity index (χ0) is 18.4. The van der Waals surface area contributed by atoms with Crippen LogP contribution >= 0.6 is 11.8 Å². The summed E-state index contributed by atoms with van der Waals surface area (Å²) in [5.74, 6) is -4.86. The fourth-order valence-electron chi connectivity index (χ4n) is 2.40. The number of carboxylic acid groups (broad SMARTS) is 1. The molecule has 4 nitrogen and oxygen atoms in total. The maximum absolute atomic E-state index is 14.2. The first kappa shape index (κ1) is 19.4. The third-order valence-corrected chi connectivity index (χ3v) is 4.96. The number of rotatable bonds is 8. The Balaban J connectivity index is 2.02. The van der Waals surface area contributed by atoms with Gasteiger partial charge < -0.3 is 15.1 Å². The number of thioether (sulfide) groups is 1. The maximum atomic E-state index is 14.2. The number of β-amino-alcohol motifs (C(OH)–C–C–N with tert-alkyl or cyclic N) is 1. The number of alkyl halides is 2. The highest BCUT2D eigenvalue weighted by Gasteiger charge is 2.33. The molecule has 2 rings (SSSR count). The first-order chi connectivity index (χ1) is 11.8. The van der Waals surface area contributed by atoms with E-state index in [9.17, 15) is 23.1 Å². The molecule has 0 bridgehead atoms. The molecule has 0 spiro atoms. The Kier molecular flexibility index (Phi) is 6.55. The Morgan fingerprint density at radius 2 is 1.96 bits per heavy atom. The van der Waals surface area contributed by atoms with Gasteiger partial charge in [-0.2, -0.15) is 0 Å². The second kappa shape index (κ2) is 8.44. The Bertz CT molecular complexity index is 662. The van der Waals surface area contributed by atoms with E-state index in [1.54, 1.807) is 17.2 Å². The molecule has 8 heteroatoms. The van der Waals surface area contributed by atoms with Crippen LogP contribution in [-0.4, -0.2) is 45.4 Å². The van der Waals surface area contributed by atoms with Crippen LogP contribution in [0.1, 0.15) is 12.0 Å². The third-order valence-electron chi connectivity index (χ3n) is 3.68. The van der Waals surface area contributed by atoms with Gasteiger partial charge in [0, 0.05) is 30.5 Å². The third kappa shape index (κ3) is 5.02. The molecule has 1 unspecified atom stereocenters. The normalized spacial score (nSPS) is 17.5. The lowest BCUT2D eigenvalue weighted by molar-refractivity contribution is -0.133. The average molecular weight is 373 g/mol. The van der Waals surface area contributed by atoms with Crippen molar-refractivity contribution >= 4 is 17.7 Å². The maximum Gasteiger partial charge on any atom is 0.334 e. The standard InChI is InChI=1S/C17H18F3NO3S/c18-13-5-3-12(4-6-13)17(19,20)7-11-25-15-14(16(23)24)2-1-8-21(15)9-10-22/h1-6,8,15,22H,7,9-11H2,(H,23,24). The van der Waals surface area contributed by atoms with E-state index in [4.69, 9.17) is 5.11 Å². The van der Waals surface area contributed by atoms with Crippen LogP contribution in [0.15, 0.2) is 48.2 Å². The monoisotopic (exact) mass is 373 g/mol. The first-order valence-corrected chi connectivity index (χ1v) is 8.64. The van der Waals surface area contributed by atoms with Gasteiger partial charge in [-0.25, -0.2) is 18.0 Å². The highest BCUT2D eigenvalue weighted by Crippen LogP contribution is 2.35. The van der Waals surface area contributed by atoms with E-state index >= 15 is 0 Å². The van der Waals surface area contributed by atoms with Gasteiger partial charge in [0.2, 0.25) is 0 Å². The van der Waals surface area contributed by atoms with Gasteiger partial charge in [0.25, 0.3) is 5.92 Å². The Morgan fingerprint density at radius 3 is 2.56 bits per heavy atom. The molecule has 0 radical (unpaired) electrons. The van der Waals surface area contributed by atoms with Crippen LogP contribution in [0, 0.1) is 5.82 Å². The summed E-state index contributed by atoms with van der Waals surface area (Å²) in [5, 5.41) is 17.7. The van der Waals surface area contributed by atoms with Crippen LogP contribution in [0.2, 0.25) is 0 Å². The quantitative estimate of drug-likeness (QED) is 0.733. The van der Waals surface area contributed by atoms with Crippen molar-refractivity contribution in [3.63, 3.8) is 0 Å². The van der Waals surface area contributed by atoms with Gasteiger partial charge in [-0.15, -0.1) is 11.8 Å². The van der Waals surface area contributed by atoms with Gasteiger partial charge in [0.15, 0.2) is 0 Å². The minimum atomic E-state index is -3.14.